The van der Waals surface area contributed by atoms with E-state index in [9.17, 15) is 0 Å². The van der Waals surface area contributed by atoms with E-state index in [0.29, 0.717) is 0 Å². The van der Waals surface area contributed by atoms with Gasteiger partial charge in [0.2, 0.25) is 0 Å². The Labute approximate surface area is 154 Å². The molecule has 1 heterocycles. The smallest absolute Gasteiger partial charge is 0.0470 e. The highest BCUT2D eigenvalue weighted by Gasteiger charge is 2.41. The number of fused-ring (bicyclic) bond motifs is 4. The number of para-hydroxylation sites is 1. The molecule has 4 aromatic carbocycles. The quantitative estimate of drug-likeness (QED) is 0.396. The van der Waals surface area contributed by atoms with Crippen LogP contribution in [0.25, 0.3) is 10.8 Å². The van der Waals surface area contributed by atoms with Gasteiger partial charge in [-0.05, 0) is 46.5 Å². The fourth-order valence-corrected chi connectivity index (χ4v) is 4.59. The molecular weight excluding hydrogens is 314 g/mol. The fourth-order valence-electron chi connectivity index (χ4n) is 4.59. The zero-order chi connectivity index (χ0) is 17.7. The highest BCUT2D eigenvalue weighted by atomic mass is 15.1. The summed E-state index contributed by atoms with van der Waals surface area (Å²) in [6.07, 6.45) is 0. The molecule has 0 radical (unpaired) electrons. The highest BCUT2D eigenvalue weighted by Crippen LogP contribution is 2.53. The third-order valence-electron chi connectivity index (χ3n) is 5.92. The van der Waals surface area contributed by atoms with Gasteiger partial charge >= 0.3 is 0 Å². The summed E-state index contributed by atoms with van der Waals surface area (Å²) in [5.74, 6) is 0. The maximum Gasteiger partial charge on any atom is 0.0470 e. The maximum atomic E-state index is 2.37. The fraction of sp³-hybridized carbons (Fsp3) is 0.120. The summed E-state index contributed by atoms with van der Waals surface area (Å²) >= 11 is 0. The van der Waals surface area contributed by atoms with Gasteiger partial charge in [-0.15, -0.1) is 0 Å². The van der Waals surface area contributed by atoms with Crippen molar-refractivity contribution >= 4 is 22.1 Å². The van der Waals surface area contributed by atoms with Crippen LogP contribution in [0.1, 0.15) is 23.6 Å². The Morgan fingerprint density at radius 1 is 0.654 bits per heavy atom. The van der Waals surface area contributed by atoms with Crippen molar-refractivity contribution in [3.05, 3.63) is 108 Å². The van der Waals surface area contributed by atoms with E-state index in [1.807, 2.05) is 0 Å². The predicted molar refractivity (Wildman–Crippen MR) is 110 cm³/mol. The minimum Gasteiger partial charge on any atom is -0.344 e. The van der Waals surface area contributed by atoms with Gasteiger partial charge in [-0.1, -0.05) is 78.9 Å². The van der Waals surface area contributed by atoms with Gasteiger partial charge in [-0.25, -0.2) is 0 Å². The van der Waals surface area contributed by atoms with Gasteiger partial charge < -0.3 is 4.90 Å². The third kappa shape index (κ3) is 1.91. The Bertz CT molecular complexity index is 1110. The Morgan fingerprint density at radius 2 is 1.35 bits per heavy atom. The summed E-state index contributed by atoms with van der Waals surface area (Å²) in [5.41, 5.74) is 6.45. The molecule has 0 aromatic heterocycles. The summed E-state index contributed by atoms with van der Waals surface area (Å²) in [6, 6.07) is 33.0. The normalized spacial score (nSPS) is 18.5. The van der Waals surface area contributed by atoms with E-state index in [2.05, 4.69) is 110 Å². The van der Waals surface area contributed by atoms with E-state index in [1.165, 1.54) is 38.8 Å². The van der Waals surface area contributed by atoms with Crippen molar-refractivity contribution in [2.24, 2.45) is 0 Å². The van der Waals surface area contributed by atoms with Crippen molar-refractivity contribution in [1.29, 1.82) is 0 Å². The molecule has 1 atom stereocenters. The van der Waals surface area contributed by atoms with Crippen LogP contribution in [-0.2, 0) is 5.41 Å². The summed E-state index contributed by atoms with van der Waals surface area (Å²) < 4.78 is 0. The van der Waals surface area contributed by atoms with Gasteiger partial charge in [0.05, 0.1) is 0 Å². The lowest BCUT2D eigenvalue weighted by molar-refractivity contribution is 0.685. The molecule has 1 unspecified atom stereocenters. The van der Waals surface area contributed by atoms with Crippen LogP contribution < -0.4 is 4.90 Å². The maximum absolute atomic E-state index is 2.37. The summed E-state index contributed by atoms with van der Waals surface area (Å²) in [4.78, 5) is 2.34. The lowest BCUT2D eigenvalue weighted by Crippen LogP contribution is -2.34. The van der Waals surface area contributed by atoms with Crippen LogP contribution in [0.2, 0.25) is 0 Å². The molecular formula is C25H21N. The van der Waals surface area contributed by atoms with Gasteiger partial charge in [0.1, 0.15) is 0 Å². The molecule has 1 heteroatoms. The Balaban J connectivity index is 1.97. The zero-order valence-corrected chi connectivity index (χ0v) is 15.1. The molecule has 0 N–H and O–H groups in total. The zero-order valence-electron chi connectivity index (χ0n) is 15.1. The number of hydrogen-bond acceptors (Lipinski definition) is 1. The number of rotatable bonds is 1. The molecule has 0 aliphatic carbocycles. The van der Waals surface area contributed by atoms with E-state index in [0.717, 1.165) is 0 Å². The molecule has 0 amide bonds. The minimum absolute atomic E-state index is 0.194. The van der Waals surface area contributed by atoms with Gasteiger partial charge in [0.25, 0.3) is 0 Å². The number of benzene rings is 4. The third-order valence-corrected chi connectivity index (χ3v) is 5.92. The summed E-state index contributed by atoms with van der Waals surface area (Å²) in [7, 11) is 2.18. The van der Waals surface area contributed by atoms with Crippen LogP contribution in [0.3, 0.4) is 0 Å². The largest absolute Gasteiger partial charge is 0.344 e. The predicted octanol–water partition coefficient (Wildman–Crippen LogP) is 6.28. The molecule has 0 saturated heterocycles. The molecule has 1 nitrogen and oxygen atoms in total. The van der Waals surface area contributed by atoms with Gasteiger partial charge in [0.15, 0.2) is 0 Å². The van der Waals surface area contributed by atoms with Gasteiger partial charge in [-0.2, -0.15) is 0 Å². The van der Waals surface area contributed by atoms with Crippen molar-refractivity contribution in [3.8, 4) is 0 Å². The van der Waals surface area contributed by atoms with Crippen molar-refractivity contribution in [2.75, 3.05) is 11.9 Å². The first-order valence-electron chi connectivity index (χ1n) is 9.12. The highest BCUT2D eigenvalue weighted by molar-refractivity contribution is 5.96. The first-order valence-corrected chi connectivity index (χ1v) is 9.12. The Kier molecular flexibility index (Phi) is 3.20. The second-order valence-electron chi connectivity index (χ2n) is 7.25. The molecule has 0 saturated carbocycles. The Morgan fingerprint density at radius 3 is 2.19 bits per heavy atom. The van der Waals surface area contributed by atoms with Crippen LogP contribution >= 0.6 is 0 Å². The van der Waals surface area contributed by atoms with Crippen molar-refractivity contribution in [2.45, 2.75) is 12.3 Å². The average Bonchev–Trinajstić information content (AvgIpc) is 2.72. The number of hydrogen-bond donors (Lipinski definition) is 0. The number of nitrogens with zero attached hydrogens (tertiary/aromatic N) is 1. The molecule has 0 bridgehead atoms. The molecule has 126 valence electrons. The van der Waals surface area contributed by atoms with E-state index >= 15 is 0 Å². The number of anilines is 2. The van der Waals surface area contributed by atoms with E-state index in [4.69, 9.17) is 0 Å². The molecule has 1 aliphatic heterocycles. The summed E-state index contributed by atoms with van der Waals surface area (Å²) in [6.45, 7) is 2.37. The molecule has 0 spiro atoms. The monoisotopic (exact) mass is 335 g/mol. The second-order valence-corrected chi connectivity index (χ2v) is 7.25. The van der Waals surface area contributed by atoms with Crippen LogP contribution in [0.4, 0.5) is 11.4 Å². The van der Waals surface area contributed by atoms with E-state index in [-0.39, 0.29) is 5.41 Å². The van der Waals surface area contributed by atoms with Crippen LogP contribution in [0.5, 0.6) is 0 Å². The van der Waals surface area contributed by atoms with Gasteiger partial charge in [-0.3, -0.25) is 0 Å². The lowest BCUT2D eigenvalue weighted by Gasteiger charge is -2.43. The minimum atomic E-state index is -0.194. The van der Waals surface area contributed by atoms with Crippen molar-refractivity contribution < 1.29 is 0 Å². The van der Waals surface area contributed by atoms with Crippen molar-refractivity contribution in [1.82, 2.24) is 0 Å². The van der Waals surface area contributed by atoms with E-state index in [1.54, 1.807) is 0 Å². The SMILES string of the molecule is CN1c2ccccc2C(C)(c2ccccc2)c2c1ccc1ccccc21. The molecule has 5 rings (SSSR count). The van der Waals surface area contributed by atoms with Gasteiger partial charge in [0, 0.05) is 23.8 Å². The second kappa shape index (κ2) is 5.47. The molecule has 26 heavy (non-hydrogen) atoms. The first-order chi connectivity index (χ1) is 12.7. The average molecular weight is 335 g/mol. The molecule has 1 aliphatic rings. The summed E-state index contributed by atoms with van der Waals surface area (Å²) in [5, 5.41) is 2.62. The molecule has 4 aromatic rings. The lowest BCUT2D eigenvalue weighted by atomic mass is 9.66. The standard InChI is InChI=1S/C25H21N/c1-25(19-11-4-3-5-12-19)21-14-8-9-15-22(21)26(2)23-17-16-18-10-6-7-13-20(18)24(23)25/h3-17H,1-2H3. The van der Waals surface area contributed by atoms with Crippen molar-refractivity contribution in [3.63, 3.8) is 0 Å². The topological polar surface area (TPSA) is 3.24 Å². The van der Waals surface area contributed by atoms with Crippen LogP contribution in [-0.4, -0.2) is 7.05 Å². The Hall–Kier alpha value is -3.06. The van der Waals surface area contributed by atoms with Crippen LogP contribution in [0, 0.1) is 0 Å². The van der Waals surface area contributed by atoms with Crippen LogP contribution in [0.15, 0.2) is 91.0 Å². The molecule has 0 fully saturated rings. The first kappa shape index (κ1) is 15.2. The van der Waals surface area contributed by atoms with E-state index < -0.39 is 0 Å².